The minimum Gasteiger partial charge on any atom is -0.390 e. The molecule has 2 rings (SSSR count). The zero-order valence-electron chi connectivity index (χ0n) is 15.9. The van der Waals surface area contributed by atoms with Crippen LogP contribution in [0.25, 0.3) is 0 Å². The highest BCUT2D eigenvalue weighted by Gasteiger charge is 2.37. The lowest BCUT2D eigenvalue weighted by Crippen LogP contribution is -2.18. The fourth-order valence-electron chi connectivity index (χ4n) is 3.00. The number of thiol groups is 1. The number of aliphatic hydroxyl groups excluding tert-OH is 1. The van der Waals surface area contributed by atoms with Crippen molar-refractivity contribution in [1.29, 1.82) is 5.41 Å². The van der Waals surface area contributed by atoms with Gasteiger partial charge in [0.25, 0.3) is 0 Å². The maximum Gasteiger partial charge on any atom is 0.433 e. The normalized spacial score (nSPS) is 15.2. The summed E-state index contributed by atoms with van der Waals surface area (Å²) in [6, 6.07) is -1.12. The quantitative estimate of drug-likeness (QED) is 0.277. The van der Waals surface area contributed by atoms with E-state index >= 15 is 0 Å². The van der Waals surface area contributed by atoms with Crippen molar-refractivity contribution in [2.24, 2.45) is 4.36 Å². The van der Waals surface area contributed by atoms with E-state index in [1.54, 1.807) is 6.92 Å². The van der Waals surface area contributed by atoms with Gasteiger partial charge in [-0.1, -0.05) is 0 Å². The van der Waals surface area contributed by atoms with Crippen molar-refractivity contribution in [1.82, 2.24) is 10.3 Å². The zero-order chi connectivity index (χ0) is 21.8. The average Bonchev–Trinajstić information content (AvgIpc) is 3.10. The molecule has 0 saturated heterocycles. The van der Waals surface area contributed by atoms with Crippen LogP contribution < -0.4 is 10.6 Å². The number of nitrogens with zero attached hydrogens (tertiary/aromatic N) is 2. The van der Waals surface area contributed by atoms with Gasteiger partial charge in [-0.25, -0.2) is 14.0 Å². The molecule has 0 saturated carbocycles. The molecular weight excluding hydrogens is 411 g/mol. The maximum absolute atomic E-state index is 13.3. The first-order chi connectivity index (χ1) is 13.6. The fourth-order valence-corrected chi connectivity index (χ4v) is 3.59. The molecule has 1 heterocycles. The molecule has 1 unspecified atom stereocenters. The Labute approximate surface area is 167 Å². The molecule has 0 spiro atoms. The van der Waals surface area contributed by atoms with Crippen LogP contribution in [0.4, 0.5) is 23.7 Å². The van der Waals surface area contributed by atoms with Crippen LogP contribution in [0, 0.1) is 12.3 Å². The van der Waals surface area contributed by atoms with Crippen LogP contribution in [0.1, 0.15) is 35.9 Å². The molecular formula is C17H22F3N5O3S. The monoisotopic (exact) mass is 433 g/mol. The highest BCUT2D eigenvalue weighted by Crippen LogP contribution is 2.38. The van der Waals surface area contributed by atoms with Gasteiger partial charge in [0.2, 0.25) is 0 Å². The summed E-state index contributed by atoms with van der Waals surface area (Å²) in [6.45, 7) is 3.00. The summed E-state index contributed by atoms with van der Waals surface area (Å²) in [6.07, 6.45) is -2.14. The third kappa shape index (κ3) is 5.54. The van der Waals surface area contributed by atoms with Crippen molar-refractivity contribution in [3.63, 3.8) is 0 Å². The van der Waals surface area contributed by atoms with Gasteiger partial charge in [0.05, 0.1) is 22.9 Å². The molecule has 0 fully saturated rings. The van der Waals surface area contributed by atoms with E-state index in [0.717, 1.165) is 6.08 Å². The number of alkyl halides is 3. The molecule has 1 aromatic heterocycles. The van der Waals surface area contributed by atoms with Gasteiger partial charge in [0, 0.05) is 23.5 Å². The predicted octanol–water partition coefficient (Wildman–Crippen LogP) is 2.56. The standard InChI is InChI=1S/C17H22F3N5O3S/c1-3-22-10(8-26)7-13(21)29(28)25-16(27)24-14-9(2)15(17(18,19)20)23-12-6-4-5-11(12)14/h7,21-22,26,29H,3-6,8H2,1-2H3,(H,23,24,27)/b10-7-,21-13?. The summed E-state index contributed by atoms with van der Waals surface area (Å²) >= 11 is 0. The van der Waals surface area contributed by atoms with E-state index in [1.807, 2.05) is 0 Å². The number of anilines is 1. The van der Waals surface area contributed by atoms with Crippen molar-refractivity contribution in [3.05, 3.63) is 34.3 Å². The van der Waals surface area contributed by atoms with E-state index in [1.165, 1.54) is 6.92 Å². The SMILES string of the molecule is CCN/C(=C\C(=N)/[SH](=O)=N\C(=O)Nc1c(C)c(C(F)(F)F)nc2c1CCC2)CO. The second-order valence-electron chi connectivity index (χ2n) is 6.28. The Morgan fingerprint density at radius 3 is 2.69 bits per heavy atom. The second kappa shape index (κ2) is 9.35. The van der Waals surface area contributed by atoms with E-state index in [4.69, 9.17) is 10.5 Å². The third-order valence-electron chi connectivity index (χ3n) is 4.24. The summed E-state index contributed by atoms with van der Waals surface area (Å²) in [7, 11) is -2.79. The fraction of sp³-hybridized carbons (Fsp3) is 0.471. The molecule has 1 atom stereocenters. The Morgan fingerprint density at radius 2 is 2.10 bits per heavy atom. The minimum atomic E-state index is -4.68. The lowest BCUT2D eigenvalue weighted by molar-refractivity contribution is -0.141. The number of aliphatic hydroxyl groups is 1. The number of carbonyl (C=O) groups is 1. The molecule has 1 aromatic rings. The van der Waals surface area contributed by atoms with Gasteiger partial charge < -0.3 is 15.7 Å². The highest BCUT2D eigenvalue weighted by molar-refractivity contribution is 7.92. The first-order valence-corrected chi connectivity index (χ1v) is 10.0. The predicted molar refractivity (Wildman–Crippen MR) is 104 cm³/mol. The number of aryl methyl sites for hydroxylation is 1. The largest absolute Gasteiger partial charge is 0.433 e. The summed E-state index contributed by atoms with van der Waals surface area (Å²) in [5.41, 5.74) is -0.319. The number of urea groups is 1. The van der Waals surface area contributed by atoms with Crippen molar-refractivity contribution in [3.8, 4) is 0 Å². The van der Waals surface area contributed by atoms with Crippen molar-refractivity contribution in [2.45, 2.75) is 39.3 Å². The molecule has 12 heteroatoms. The molecule has 8 nitrogen and oxygen atoms in total. The second-order valence-corrected chi connectivity index (χ2v) is 7.51. The van der Waals surface area contributed by atoms with E-state index in [9.17, 15) is 22.2 Å². The number of fused-ring (bicyclic) bond motifs is 1. The smallest absolute Gasteiger partial charge is 0.390 e. The van der Waals surface area contributed by atoms with Gasteiger partial charge in [-0.05, 0) is 44.7 Å². The number of amides is 2. The lowest BCUT2D eigenvalue weighted by Gasteiger charge is -2.17. The maximum atomic E-state index is 13.3. The summed E-state index contributed by atoms with van der Waals surface area (Å²) < 4.78 is 55.2. The van der Waals surface area contributed by atoms with Gasteiger partial charge in [-0.3, -0.25) is 5.41 Å². The summed E-state index contributed by atoms with van der Waals surface area (Å²) in [5.74, 6) is 0. The number of carbonyl (C=O) groups excluding carboxylic acids is 1. The molecule has 0 bridgehead atoms. The molecule has 2 amide bonds. The van der Waals surface area contributed by atoms with Gasteiger partial charge in [0.15, 0.2) is 0 Å². The highest BCUT2D eigenvalue weighted by atomic mass is 32.2. The van der Waals surface area contributed by atoms with Crippen LogP contribution >= 0.6 is 0 Å². The molecule has 4 N–H and O–H groups in total. The Balaban J connectivity index is 2.31. The molecule has 1 aliphatic carbocycles. The number of nitrogens with one attached hydrogen (secondary N) is 3. The topological polar surface area (TPSA) is 128 Å². The van der Waals surface area contributed by atoms with Crippen molar-refractivity contribution >= 4 is 27.4 Å². The van der Waals surface area contributed by atoms with Gasteiger partial charge in [-0.15, -0.1) is 4.36 Å². The van der Waals surface area contributed by atoms with Gasteiger partial charge in [0.1, 0.15) is 10.7 Å². The number of rotatable bonds is 5. The van der Waals surface area contributed by atoms with E-state index in [2.05, 4.69) is 20.0 Å². The van der Waals surface area contributed by atoms with Crippen LogP contribution in [0.5, 0.6) is 0 Å². The van der Waals surface area contributed by atoms with E-state index in [0.29, 0.717) is 31.4 Å². The van der Waals surface area contributed by atoms with Crippen molar-refractivity contribution < 1.29 is 27.3 Å². The zero-order valence-corrected chi connectivity index (χ0v) is 16.7. The molecule has 29 heavy (non-hydrogen) atoms. The summed E-state index contributed by atoms with van der Waals surface area (Å²) in [5, 5.41) is 21.4. The van der Waals surface area contributed by atoms with Crippen LogP contribution in [0.2, 0.25) is 0 Å². The number of hydrogen-bond donors (Lipinski definition) is 5. The molecule has 0 aliphatic heterocycles. The molecule has 0 aromatic carbocycles. The average molecular weight is 433 g/mol. The Kier molecular flexibility index (Phi) is 7.36. The Hall–Kier alpha value is -2.47. The van der Waals surface area contributed by atoms with Crippen LogP contribution in [0.15, 0.2) is 16.1 Å². The summed E-state index contributed by atoms with van der Waals surface area (Å²) in [4.78, 5) is 15.9. The number of halogens is 3. The number of hydrogen-bond acceptors (Lipinski definition) is 6. The first kappa shape index (κ1) is 22.8. The number of likely N-dealkylation sites (N-methyl/N-ethyl adjacent to an activating group) is 1. The van der Waals surface area contributed by atoms with Gasteiger partial charge in [-0.2, -0.15) is 13.2 Å². The third-order valence-corrected chi connectivity index (χ3v) is 5.15. The Morgan fingerprint density at radius 1 is 1.41 bits per heavy atom. The Bertz CT molecular complexity index is 937. The number of aromatic nitrogens is 1. The van der Waals surface area contributed by atoms with Crippen LogP contribution in [-0.4, -0.2) is 38.5 Å². The first-order valence-electron chi connectivity index (χ1n) is 8.81. The van der Waals surface area contributed by atoms with Crippen LogP contribution in [-0.2, 0) is 29.6 Å². The van der Waals surface area contributed by atoms with E-state index in [-0.39, 0.29) is 22.6 Å². The number of pyridine rings is 1. The van der Waals surface area contributed by atoms with Crippen molar-refractivity contribution in [2.75, 3.05) is 18.5 Å². The van der Waals surface area contributed by atoms with Crippen LogP contribution in [0.3, 0.4) is 0 Å². The minimum absolute atomic E-state index is 0.0252. The van der Waals surface area contributed by atoms with E-state index < -0.39 is 40.1 Å². The molecule has 0 radical (unpaired) electrons. The van der Waals surface area contributed by atoms with Gasteiger partial charge >= 0.3 is 12.2 Å². The lowest BCUT2D eigenvalue weighted by atomic mass is 10.1. The molecule has 160 valence electrons. The molecule has 1 aliphatic rings.